The van der Waals surface area contributed by atoms with Crippen molar-refractivity contribution < 1.29 is 0 Å². The van der Waals surface area contributed by atoms with Crippen molar-refractivity contribution in [2.75, 3.05) is 0 Å². The molecule has 0 aliphatic carbocycles. The Morgan fingerprint density at radius 1 is 0.327 bits per heavy atom. The minimum absolute atomic E-state index is 0.634. The van der Waals surface area contributed by atoms with E-state index < -0.39 is 0 Å². The molecule has 2 aromatic heterocycles. The molecule has 0 unspecified atom stereocenters. The van der Waals surface area contributed by atoms with Gasteiger partial charge in [-0.15, -0.1) is 0 Å². The lowest BCUT2D eigenvalue weighted by atomic mass is 10.00. The van der Waals surface area contributed by atoms with E-state index in [0.717, 1.165) is 27.9 Å². The van der Waals surface area contributed by atoms with Crippen LogP contribution in [0.3, 0.4) is 0 Å². The second kappa shape index (κ2) is 11.0. The molecule has 0 spiro atoms. The Morgan fingerprint density at radius 3 is 1.67 bits per heavy atom. The van der Waals surface area contributed by atoms with Gasteiger partial charge in [0, 0.05) is 38.5 Å². The van der Waals surface area contributed by atoms with E-state index >= 15 is 0 Å². The molecule has 0 aliphatic heterocycles. The van der Waals surface area contributed by atoms with Crippen LogP contribution in [0.15, 0.2) is 170 Å². The van der Waals surface area contributed by atoms with E-state index in [-0.39, 0.29) is 0 Å². The van der Waals surface area contributed by atoms with E-state index in [9.17, 15) is 0 Å². The largest absolute Gasteiger partial charge is 0.309 e. The predicted octanol–water partition coefficient (Wildman–Crippen LogP) is 11.4. The number of hydrogen-bond acceptors (Lipinski definition) is 3. The maximum atomic E-state index is 5.15. The quantitative estimate of drug-likeness (QED) is 0.183. The van der Waals surface area contributed by atoms with Gasteiger partial charge in [0.1, 0.15) is 0 Å². The van der Waals surface area contributed by atoms with Gasteiger partial charge in [0.05, 0.1) is 11.0 Å². The Hall–Kier alpha value is -6.65. The summed E-state index contributed by atoms with van der Waals surface area (Å²) in [5, 5.41) is 9.69. The maximum Gasteiger partial charge on any atom is 0.164 e. The molecule has 0 saturated carbocycles. The molecule has 10 aromatic rings. The highest BCUT2D eigenvalue weighted by atomic mass is 15.0. The zero-order valence-electron chi connectivity index (χ0n) is 26.5. The van der Waals surface area contributed by atoms with Crippen molar-refractivity contribution >= 4 is 54.1 Å². The van der Waals surface area contributed by atoms with Gasteiger partial charge in [0.25, 0.3) is 0 Å². The number of aromatic nitrogens is 4. The van der Waals surface area contributed by atoms with Crippen LogP contribution < -0.4 is 0 Å². The number of benzene rings is 8. The van der Waals surface area contributed by atoms with Crippen molar-refractivity contribution in [1.29, 1.82) is 0 Å². The molecule has 2 heterocycles. The summed E-state index contributed by atoms with van der Waals surface area (Å²) in [4.78, 5) is 15.3. The van der Waals surface area contributed by atoms with Gasteiger partial charge in [-0.2, -0.15) is 0 Å². The molecular weight excluding hydrogens is 597 g/mol. The standard InChI is InChI=1S/C45H28N4/c1-2-13-32(14-3-1)43-46-44(48-45(47-43)34-24-23-31-22-21-29-11-4-6-17-36(29)40(31)28-34)33-15-10-16-35(27-33)49-41-20-9-8-19-38(41)39-26-25-30-12-5-7-18-37(30)42(39)49/h1-28H. The Labute approximate surface area is 282 Å². The third-order valence-electron chi connectivity index (χ3n) is 9.59. The first-order valence-electron chi connectivity index (χ1n) is 16.5. The van der Waals surface area contributed by atoms with Crippen LogP contribution in [0.2, 0.25) is 0 Å². The van der Waals surface area contributed by atoms with E-state index in [1.54, 1.807) is 0 Å². The Balaban J connectivity index is 1.20. The molecule has 0 N–H and O–H groups in total. The van der Waals surface area contributed by atoms with E-state index in [1.165, 1.54) is 48.6 Å². The molecular formula is C45H28N4. The lowest BCUT2D eigenvalue weighted by Gasteiger charge is -2.13. The van der Waals surface area contributed by atoms with Crippen LogP contribution in [-0.4, -0.2) is 19.5 Å². The topological polar surface area (TPSA) is 43.6 Å². The summed E-state index contributed by atoms with van der Waals surface area (Å²) in [6.45, 7) is 0. The van der Waals surface area contributed by atoms with Crippen molar-refractivity contribution in [2.24, 2.45) is 0 Å². The van der Waals surface area contributed by atoms with Gasteiger partial charge < -0.3 is 4.57 Å². The first kappa shape index (κ1) is 27.5. The van der Waals surface area contributed by atoms with Crippen molar-refractivity contribution in [3.8, 4) is 39.9 Å². The molecule has 228 valence electrons. The molecule has 49 heavy (non-hydrogen) atoms. The monoisotopic (exact) mass is 624 g/mol. The van der Waals surface area contributed by atoms with Gasteiger partial charge in [-0.1, -0.05) is 146 Å². The van der Waals surface area contributed by atoms with E-state index in [1.807, 2.05) is 18.2 Å². The van der Waals surface area contributed by atoms with Crippen LogP contribution in [0.1, 0.15) is 0 Å². The second-order valence-corrected chi connectivity index (χ2v) is 12.5. The fraction of sp³-hybridized carbons (Fsp3) is 0. The van der Waals surface area contributed by atoms with Crippen LogP contribution in [-0.2, 0) is 0 Å². The smallest absolute Gasteiger partial charge is 0.164 e. The summed E-state index contributed by atoms with van der Waals surface area (Å²) in [7, 11) is 0. The number of nitrogens with zero attached hydrogens (tertiary/aromatic N) is 4. The molecule has 0 amide bonds. The SMILES string of the molecule is c1ccc(-c2nc(-c3cccc(-n4c5ccccc5c5ccc6ccccc6c54)c3)nc(-c3ccc4ccc5ccccc5c4c3)n2)cc1. The Kier molecular flexibility index (Phi) is 6.15. The first-order chi connectivity index (χ1) is 24.3. The maximum absolute atomic E-state index is 5.15. The van der Waals surface area contributed by atoms with Gasteiger partial charge in [-0.25, -0.2) is 15.0 Å². The van der Waals surface area contributed by atoms with Gasteiger partial charge in [0.2, 0.25) is 0 Å². The molecule has 8 aromatic carbocycles. The highest BCUT2D eigenvalue weighted by Crippen LogP contribution is 2.37. The van der Waals surface area contributed by atoms with E-state index in [4.69, 9.17) is 15.0 Å². The number of rotatable bonds is 4. The molecule has 4 heteroatoms. The third-order valence-corrected chi connectivity index (χ3v) is 9.59. The van der Waals surface area contributed by atoms with Gasteiger partial charge in [-0.3, -0.25) is 0 Å². The summed E-state index contributed by atoms with van der Waals surface area (Å²) in [5.74, 6) is 1.92. The third kappa shape index (κ3) is 4.49. The molecule has 0 radical (unpaired) electrons. The minimum atomic E-state index is 0.634. The molecule has 0 saturated heterocycles. The van der Waals surface area contributed by atoms with Crippen molar-refractivity contribution in [3.63, 3.8) is 0 Å². The van der Waals surface area contributed by atoms with Crippen molar-refractivity contribution in [1.82, 2.24) is 19.5 Å². The lowest BCUT2D eigenvalue weighted by Crippen LogP contribution is -2.01. The predicted molar refractivity (Wildman–Crippen MR) is 203 cm³/mol. The highest BCUT2D eigenvalue weighted by molar-refractivity contribution is 6.18. The summed E-state index contributed by atoms with van der Waals surface area (Å²) in [6, 6.07) is 59.8. The first-order valence-corrected chi connectivity index (χ1v) is 16.5. The Bertz CT molecular complexity index is 2890. The summed E-state index contributed by atoms with van der Waals surface area (Å²) in [6.07, 6.45) is 0. The second-order valence-electron chi connectivity index (χ2n) is 12.5. The molecule has 0 bridgehead atoms. The number of fused-ring (bicyclic) bond motifs is 8. The highest BCUT2D eigenvalue weighted by Gasteiger charge is 2.17. The number of para-hydroxylation sites is 1. The summed E-state index contributed by atoms with van der Waals surface area (Å²) in [5.41, 5.74) is 6.24. The van der Waals surface area contributed by atoms with Crippen LogP contribution >= 0.6 is 0 Å². The normalized spacial score (nSPS) is 11.7. The lowest BCUT2D eigenvalue weighted by molar-refractivity contribution is 1.07. The average molecular weight is 625 g/mol. The molecule has 4 nitrogen and oxygen atoms in total. The van der Waals surface area contributed by atoms with Crippen molar-refractivity contribution in [2.45, 2.75) is 0 Å². The zero-order valence-corrected chi connectivity index (χ0v) is 26.5. The van der Waals surface area contributed by atoms with Gasteiger partial charge in [0.15, 0.2) is 17.5 Å². The van der Waals surface area contributed by atoms with Crippen LogP contribution in [0.5, 0.6) is 0 Å². The summed E-state index contributed by atoms with van der Waals surface area (Å²) < 4.78 is 2.38. The van der Waals surface area contributed by atoms with Crippen LogP contribution in [0.4, 0.5) is 0 Å². The molecule has 0 atom stereocenters. The zero-order chi connectivity index (χ0) is 32.3. The average Bonchev–Trinajstić information content (AvgIpc) is 3.53. The summed E-state index contributed by atoms with van der Waals surface area (Å²) >= 11 is 0. The van der Waals surface area contributed by atoms with Crippen molar-refractivity contribution in [3.05, 3.63) is 170 Å². The minimum Gasteiger partial charge on any atom is -0.309 e. The van der Waals surface area contributed by atoms with Gasteiger partial charge >= 0.3 is 0 Å². The molecule has 0 aliphatic rings. The number of hydrogen-bond donors (Lipinski definition) is 0. The van der Waals surface area contributed by atoms with Crippen LogP contribution in [0, 0.1) is 0 Å². The Morgan fingerprint density at radius 2 is 0.878 bits per heavy atom. The molecule has 0 fully saturated rings. The van der Waals surface area contributed by atoms with Crippen LogP contribution in [0.25, 0.3) is 94.0 Å². The van der Waals surface area contributed by atoms with Gasteiger partial charge in [-0.05, 0) is 51.2 Å². The molecule has 10 rings (SSSR count). The van der Waals surface area contributed by atoms with E-state index in [0.29, 0.717) is 17.5 Å². The fourth-order valence-corrected chi connectivity index (χ4v) is 7.27. The fourth-order valence-electron chi connectivity index (χ4n) is 7.27. The van der Waals surface area contributed by atoms with E-state index in [2.05, 4.69) is 156 Å².